The van der Waals surface area contributed by atoms with Gasteiger partial charge in [0, 0.05) is 17.3 Å². The van der Waals surface area contributed by atoms with E-state index in [4.69, 9.17) is 4.74 Å². The topological polar surface area (TPSA) is 51.2 Å². The van der Waals surface area contributed by atoms with Crippen molar-refractivity contribution in [2.24, 2.45) is 0 Å². The molecule has 16 heavy (non-hydrogen) atoms. The van der Waals surface area contributed by atoms with E-state index in [-0.39, 0.29) is 18.1 Å². The highest BCUT2D eigenvalue weighted by molar-refractivity contribution is 9.10. The van der Waals surface area contributed by atoms with Gasteiger partial charge in [-0.05, 0) is 41.4 Å². The molecule has 5 heteroatoms. The van der Waals surface area contributed by atoms with Crippen molar-refractivity contribution in [3.8, 4) is 0 Å². The summed E-state index contributed by atoms with van der Waals surface area (Å²) in [6, 6.07) is 3.67. The molecular formula is C11H13BrN2O2. The molecule has 2 atom stereocenters. The van der Waals surface area contributed by atoms with Crippen LogP contribution in [0.4, 0.5) is 0 Å². The lowest BCUT2D eigenvalue weighted by Gasteiger charge is -2.15. The van der Waals surface area contributed by atoms with Crippen LogP contribution in [0.5, 0.6) is 0 Å². The largest absolute Gasteiger partial charge is 0.376 e. The molecule has 2 heterocycles. The Bertz CT molecular complexity index is 397. The molecule has 0 radical (unpaired) electrons. The second-order valence-corrected chi connectivity index (χ2v) is 4.63. The van der Waals surface area contributed by atoms with E-state index in [1.165, 1.54) is 0 Å². The zero-order valence-electron chi connectivity index (χ0n) is 8.94. The van der Waals surface area contributed by atoms with Gasteiger partial charge >= 0.3 is 0 Å². The Kier molecular flexibility index (Phi) is 3.56. The molecule has 1 aliphatic rings. The Hall–Kier alpha value is -0.940. The van der Waals surface area contributed by atoms with Crippen molar-refractivity contribution in [3.63, 3.8) is 0 Å². The first-order valence-corrected chi connectivity index (χ1v) is 6.01. The molecule has 0 bridgehead atoms. The fraction of sp³-hybridized carbons (Fsp3) is 0.455. The maximum atomic E-state index is 11.9. The first kappa shape index (κ1) is 11.5. The second kappa shape index (κ2) is 4.93. The van der Waals surface area contributed by atoms with Crippen molar-refractivity contribution < 1.29 is 9.53 Å². The van der Waals surface area contributed by atoms with Crippen LogP contribution in [0.2, 0.25) is 0 Å². The lowest BCUT2D eigenvalue weighted by atomic mass is 10.1. The SMILES string of the molecule is CC1OCCC1NC(=O)c1ncccc1Br. The highest BCUT2D eigenvalue weighted by Gasteiger charge is 2.26. The van der Waals surface area contributed by atoms with Gasteiger partial charge in [0.1, 0.15) is 5.69 Å². The third-order valence-electron chi connectivity index (χ3n) is 2.67. The quantitative estimate of drug-likeness (QED) is 0.900. The van der Waals surface area contributed by atoms with Gasteiger partial charge in [0.2, 0.25) is 0 Å². The molecule has 1 fully saturated rings. The van der Waals surface area contributed by atoms with Crippen LogP contribution in [0, 0.1) is 0 Å². The molecular weight excluding hydrogens is 272 g/mol. The number of nitrogens with one attached hydrogen (secondary N) is 1. The number of amides is 1. The highest BCUT2D eigenvalue weighted by atomic mass is 79.9. The molecule has 0 aromatic carbocycles. The van der Waals surface area contributed by atoms with Gasteiger partial charge in [-0.2, -0.15) is 0 Å². The third kappa shape index (κ3) is 2.41. The summed E-state index contributed by atoms with van der Waals surface area (Å²) in [4.78, 5) is 16.0. The molecule has 4 nitrogen and oxygen atoms in total. The summed E-state index contributed by atoms with van der Waals surface area (Å²) < 4.78 is 6.09. The summed E-state index contributed by atoms with van der Waals surface area (Å²) in [5, 5.41) is 2.93. The molecule has 1 aromatic heterocycles. The van der Waals surface area contributed by atoms with E-state index in [1.807, 2.05) is 6.92 Å². The number of aromatic nitrogens is 1. The van der Waals surface area contributed by atoms with Gasteiger partial charge in [-0.25, -0.2) is 4.98 Å². The summed E-state index contributed by atoms with van der Waals surface area (Å²) in [5.74, 6) is -0.158. The van der Waals surface area contributed by atoms with Gasteiger partial charge in [-0.15, -0.1) is 0 Å². The zero-order chi connectivity index (χ0) is 11.5. The van der Waals surface area contributed by atoms with E-state index < -0.39 is 0 Å². The Morgan fingerprint density at radius 1 is 1.69 bits per heavy atom. The van der Waals surface area contributed by atoms with Gasteiger partial charge in [-0.1, -0.05) is 0 Å². The van der Waals surface area contributed by atoms with E-state index in [0.29, 0.717) is 16.8 Å². The van der Waals surface area contributed by atoms with Gasteiger partial charge in [0.05, 0.1) is 12.1 Å². The predicted octanol–water partition coefficient (Wildman–Crippen LogP) is 1.75. The van der Waals surface area contributed by atoms with Gasteiger partial charge in [-0.3, -0.25) is 4.79 Å². The van der Waals surface area contributed by atoms with Gasteiger partial charge < -0.3 is 10.1 Å². The van der Waals surface area contributed by atoms with E-state index >= 15 is 0 Å². The smallest absolute Gasteiger partial charge is 0.271 e. The van der Waals surface area contributed by atoms with Crippen molar-refractivity contribution in [2.75, 3.05) is 6.61 Å². The molecule has 1 aliphatic heterocycles. The van der Waals surface area contributed by atoms with E-state index in [9.17, 15) is 4.79 Å². The maximum Gasteiger partial charge on any atom is 0.271 e. The fourth-order valence-corrected chi connectivity index (χ4v) is 2.15. The summed E-state index contributed by atoms with van der Waals surface area (Å²) in [6.07, 6.45) is 2.54. The number of hydrogen-bond acceptors (Lipinski definition) is 3. The van der Waals surface area contributed by atoms with Crippen LogP contribution in [0.1, 0.15) is 23.8 Å². The Balaban J connectivity index is 2.06. The number of ether oxygens (including phenoxy) is 1. The van der Waals surface area contributed by atoms with E-state index in [0.717, 1.165) is 6.42 Å². The molecule has 0 aliphatic carbocycles. The number of hydrogen-bond donors (Lipinski definition) is 1. The lowest BCUT2D eigenvalue weighted by Crippen LogP contribution is -2.39. The van der Waals surface area contributed by atoms with Crippen LogP contribution in [-0.4, -0.2) is 29.6 Å². The summed E-state index contributed by atoms with van der Waals surface area (Å²) in [5.41, 5.74) is 0.418. The molecule has 1 aromatic rings. The van der Waals surface area contributed by atoms with Crippen LogP contribution in [-0.2, 0) is 4.74 Å². The third-order valence-corrected chi connectivity index (χ3v) is 3.31. The minimum Gasteiger partial charge on any atom is -0.376 e. The molecule has 2 rings (SSSR count). The van der Waals surface area contributed by atoms with E-state index in [2.05, 4.69) is 26.2 Å². The normalized spacial score (nSPS) is 24.4. The molecule has 0 spiro atoms. The lowest BCUT2D eigenvalue weighted by molar-refractivity contribution is 0.0861. The average molecular weight is 285 g/mol. The van der Waals surface area contributed by atoms with Crippen molar-refractivity contribution in [3.05, 3.63) is 28.5 Å². The average Bonchev–Trinajstić information content (AvgIpc) is 2.65. The number of halogens is 1. The summed E-state index contributed by atoms with van der Waals surface area (Å²) in [7, 11) is 0. The minimum atomic E-state index is -0.158. The van der Waals surface area contributed by atoms with Crippen LogP contribution in [0.15, 0.2) is 22.8 Å². The maximum absolute atomic E-state index is 11.9. The second-order valence-electron chi connectivity index (χ2n) is 3.78. The molecule has 86 valence electrons. The predicted molar refractivity (Wildman–Crippen MR) is 63.2 cm³/mol. The fourth-order valence-electron chi connectivity index (χ4n) is 1.71. The number of rotatable bonds is 2. The first-order valence-electron chi connectivity index (χ1n) is 5.21. The van der Waals surface area contributed by atoms with Gasteiger partial charge in [0.15, 0.2) is 0 Å². The molecule has 2 unspecified atom stereocenters. The van der Waals surface area contributed by atoms with E-state index in [1.54, 1.807) is 18.3 Å². The van der Waals surface area contributed by atoms with Crippen LogP contribution in [0.3, 0.4) is 0 Å². The van der Waals surface area contributed by atoms with Crippen molar-refractivity contribution in [1.29, 1.82) is 0 Å². The Morgan fingerprint density at radius 3 is 3.12 bits per heavy atom. The first-order chi connectivity index (χ1) is 7.68. The zero-order valence-corrected chi connectivity index (χ0v) is 10.5. The van der Waals surface area contributed by atoms with Crippen LogP contribution < -0.4 is 5.32 Å². The van der Waals surface area contributed by atoms with Crippen molar-refractivity contribution >= 4 is 21.8 Å². The van der Waals surface area contributed by atoms with Crippen molar-refractivity contribution in [1.82, 2.24) is 10.3 Å². The minimum absolute atomic E-state index is 0.0754. The monoisotopic (exact) mass is 284 g/mol. The Morgan fingerprint density at radius 2 is 2.50 bits per heavy atom. The van der Waals surface area contributed by atoms with Gasteiger partial charge in [0.25, 0.3) is 5.91 Å². The Labute approximate surface area is 103 Å². The van der Waals surface area contributed by atoms with Crippen molar-refractivity contribution in [2.45, 2.75) is 25.5 Å². The molecule has 1 amide bonds. The molecule has 0 saturated carbocycles. The summed E-state index contributed by atoms with van der Waals surface area (Å²) >= 11 is 3.31. The highest BCUT2D eigenvalue weighted by Crippen LogP contribution is 2.16. The number of nitrogens with zero attached hydrogens (tertiary/aromatic N) is 1. The molecule has 1 N–H and O–H groups in total. The standard InChI is InChI=1S/C11H13BrN2O2/c1-7-9(4-6-16-7)14-11(15)10-8(12)3-2-5-13-10/h2-3,5,7,9H,4,6H2,1H3,(H,14,15). The number of carbonyl (C=O) groups is 1. The molecule has 1 saturated heterocycles. The number of carbonyl (C=O) groups excluding carboxylic acids is 1. The number of pyridine rings is 1. The summed E-state index contributed by atoms with van der Waals surface area (Å²) in [6.45, 7) is 2.67. The van der Waals surface area contributed by atoms with Crippen LogP contribution in [0.25, 0.3) is 0 Å². The van der Waals surface area contributed by atoms with Crippen LogP contribution >= 0.6 is 15.9 Å².